The van der Waals surface area contributed by atoms with Crippen LogP contribution in [0.15, 0.2) is 47.2 Å². The van der Waals surface area contributed by atoms with Gasteiger partial charge in [-0.1, -0.05) is 22.3 Å². The van der Waals surface area contributed by atoms with Crippen molar-refractivity contribution in [3.8, 4) is 11.3 Å². The summed E-state index contributed by atoms with van der Waals surface area (Å²) in [5.41, 5.74) is 0.0173. The van der Waals surface area contributed by atoms with Gasteiger partial charge in [-0.2, -0.15) is 13.2 Å². The number of imidazole rings is 1. The second kappa shape index (κ2) is 5.80. The van der Waals surface area contributed by atoms with Crippen LogP contribution in [0.1, 0.15) is 11.3 Å². The Morgan fingerprint density at radius 3 is 2.58 bits per heavy atom. The molecule has 3 rings (SSSR count). The van der Waals surface area contributed by atoms with E-state index in [4.69, 9.17) is 4.52 Å². The normalized spacial score (nSPS) is 11.6. The van der Waals surface area contributed by atoms with E-state index in [0.717, 1.165) is 12.1 Å². The maximum Gasteiger partial charge on any atom is 0.434 e. The van der Waals surface area contributed by atoms with Crippen LogP contribution in [0, 0.1) is 10.1 Å². The second-order valence-electron chi connectivity index (χ2n) is 4.87. The third-order valence-corrected chi connectivity index (χ3v) is 3.25. The monoisotopic (exact) mass is 338 g/mol. The summed E-state index contributed by atoms with van der Waals surface area (Å²) in [6, 6.07) is 5.97. The number of hydrogen-bond donors (Lipinski definition) is 0. The third-order valence-electron chi connectivity index (χ3n) is 3.25. The number of rotatable bonds is 4. The van der Waals surface area contributed by atoms with E-state index in [-0.39, 0.29) is 12.5 Å². The van der Waals surface area contributed by atoms with Gasteiger partial charge in [0.1, 0.15) is 24.6 Å². The quantitative estimate of drug-likeness (QED) is 0.536. The standard InChI is InChI=1S/C14H9F3N4O3/c15-14(16,17)10-3-1-9(2-4-10)12-7-11(24-19-12)8-20-6-5-18-13(20)21(22)23/h1-7H,8H2. The third kappa shape index (κ3) is 3.12. The Morgan fingerprint density at radius 2 is 1.96 bits per heavy atom. The predicted octanol–water partition coefficient (Wildman–Crippen LogP) is 3.51. The molecule has 0 aliphatic heterocycles. The summed E-state index contributed by atoms with van der Waals surface area (Å²) in [5.74, 6) is -0.0338. The number of halogens is 3. The minimum absolute atomic E-state index is 0.0317. The maximum atomic E-state index is 12.5. The van der Waals surface area contributed by atoms with Crippen molar-refractivity contribution in [2.75, 3.05) is 0 Å². The van der Waals surface area contributed by atoms with Gasteiger partial charge in [0.15, 0.2) is 5.76 Å². The molecule has 0 unspecified atom stereocenters. The smallest absolute Gasteiger partial charge is 0.390 e. The molecule has 0 aliphatic rings. The Labute approximate surface area is 132 Å². The van der Waals surface area contributed by atoms with Crippen LogP contribution in [-0.2, 0) is 12.7 Å². The Hall–Kier alpha value is -3.17. The Bertz CT molecular complexity index is 868. The fourth-order valence-corrected chi connectivity index (χ4v) is 2.12. The fourth-order valence-electron chi connectivity index (χ4n) is 2.12. The summed E-state index contributed by atoms with van der Waals surface area (Å²) in [5, 5.41) is 14.6. The molecule has 0 radical (unpaired) electrons. The molecular weight excluding hydrogens is 329 g/mol. The number of aromatic nitrogens is 3. The van der Waals surface area contributed by atoms with Crippen molar-refractivity contribution < 1.29 is 22.6 Å². The van der Waals surface area contributed by atoms with Crippen molar-refractivity contribution >= 4 is 5.95 Å². The number of benzene rings is 1. The molecule has 0 spiro atoms. The first-order chi connectivity index (χ1) is 11.3. The van der Waals surface area contributed by atoms with Gasteiger partial charge >= 0.3 is 12.1 Å². The zero-order valence-electron chi connectivity index (χ0n) is 11.9. The van der Waals surface area contributed by atoms with Crippen molar-refractivity contribution in [3.05, 3.63) is 64.2 Å². The highest BCUT2D eigenvalue weighted by atomic mass is 19.4. The van der Waals surface area contributed by atoms with Gasteiger partial charge in [-0.3, -0.25) is 0 Å². The first-order valence-electron chi connectivity index (χ1n) is 6.63. The first-order valence-corrected chi connectivity index (χ1v) is 6.63. The highest BCUT2D eigenvalue weighted by Gasteiger charge is 2.30. The molecule has 0 saturated carbocycles. The lowest BCUT2D eigenvalue weighted by molar-refractivity contribution is -0.396. The van der Waals surface area contributed by atoms with Crippen molar-refractivity contribution in [2.45, 2.75) is 12.7 Å². The van der Waals surface area contributed by atoms with Gasteiger partial charge in [-0.25, -0.2) is 4.57 Å². The van der Waals surface area contributed by atoms with Crippen molar-refractivity contribution in [3.63, 3.8) is 0 Å². The average Bonchev–Trinajstić information content (AvgIpc) is 3.16. The molecule has 0 amide bonds. The molecule has 2 heterocycles. The van der Waals surface area contributed by atoms with Crippen LogP contribution >= 0.6 is 0 Å². The molecule has 0 bridgehead atoms. The van der Waals surface area contributed by atoms with Gasteiger partial charge in [0.25, 0.3) is 0 Å². The minimum Gasteiger partial charge on any atom is -0.390 e. The lowest BCUT2D eigenvalue weighted by Crippen LogP contribution is -2.04. The van der Waals surface area contributed by atoms with Gasteiger partial charge in [-0.05, 0) is 17.1 Å². The average molecular weight is 338 g/mol. The number of nitrogens with zero attached hydrogens (tertiary/aromatic N) is 4. The van der Waals surface area contributed by atoms with Crippen LogP contribution < -0.4 is 0 Å². The van der Waals surface area contributed by atoms with Gasteiger partial charge in [-0.15, -0.1) is 0 Å². The number of alkyl halides is 3. The molecule has 0 atom stereocenters. The molecule has 0 fully saturated rings. The van der Waals surface area contributed by atoms with Crippen LogP contribution in [0.3, 0.4) is 0 Å². The van der Waals surface area contributed by atoms with Gasteiger partial charge in [0.05, 0.1) is 5.56 Å². The van der Waals surface area contributed by atoms with E-state index in [1.165, 1.54) is 35.2 Å². The van der Waals surface area contributed by atoms with Crippen molar-refractivity contribution in [1.29, 1.82) is 0 Å². The summed E-state index contributed by atoms with van der Waals surface area (Å²) < 4.78 is 44.0. The van der Waals surface area contributed by atoms with E-state index >= 15 is 0 Å². The molecule has 0 aliphatic carbocycles. The van der Waals surface area contributed by atoms with Crippen LogP contribution in [0.5, 0.6) is 0 Å². The lowest BCUT2D eigenvalue weighted by Gasteiger charge is -2.06. The fraction of sp³-hybridized carbons (Fsp3) is 0.143. The Balaban J connectivity index is 1.80. The molecule has 124 valence electrons. The van der Waals surface area contributed by atoms with E-state index in [1.807, 2.05) is 0 Å². The molecule has 1 aromatic carbocycles. The highest BCUT2D eigenvalue weighted by Crippen LogP contribution is 2.31. The van der Waals surface area contributed by atoms with Crippen LogP contribution in [0.4, 0.5) is 19.1 Å². The van der Waals surface area contributed by atoms with E-state index in [2.05, 4.69) is 10.1 Å². The SMILES string of the molecule is O=[N+]([O-])c1nccn1Cc1cc(-c2ccc(C(F)(F)F)cc2)no1. The molecule has 24 heavy (non-hydrogen) atoms. The highest BCUT2D eigenvalue weighted by molar-refractivity contribution is 5.59. The molecular formula is C14H9F3N4O3. The van der Waals surface area contributed by atoms with E-state index in [0.29, 0.717) is 17.0 Å². The van der Waals surface area contributed by atoms with Crippen molar-refractivity contribution in [2.24, 2.45) is 0 Å². The Morgan fingerprint density at radius 1 is 1.25 bits per heavy atom. The number of nitro groups is 1. The summed E-state index contributed by atoms with van der Waals surface area (Å²) in [7, 11) is 0. The second-order valence-corrected chi connectivity index (χ2v) is 4.87. The molecule has 0 saturated heterocycles. The summed E-state index contributed by atoms with van der Waals surface area (Å²) >= 11 is 0. The Kier molecular flexibility index (Phi) is 3.80. The molecule has 7 nitrogen and oxygen atoms in total. The molecule has 0 N–H and O–H groups in total. The van der Waals surface area contributed by atoms with Crippen LogP contribution in [0.2, 0.25) is 0 Å². The predicted molar refractivity (Wildman–Crippen MR) is 74.9 cm³/mol. The molecule has 2 aromatic heterocycles. The minimum atomic E-state index is -4.41. The van der Waals surface area contributed by atoms with E-state index < -0.39 is 16.7 Å². The zero-order valence-corrected chi connectivity index (χ0v) is 11.9. The van der Waals surface area contributed by atoms with Gasteiger partial charge in [0, 0.05) is 11.6 Å². The lowest BCUT2D eigenvalue weighted by atomic mass is 10.1. The first kappa shape index (κ1) is 15.7. The van der Waals surface area contributed by atoms with Crippen LogP contribution in [-0.4, -0.2) is 19.6 Å². The summed E-state index contributed by atoms with van der Waals surface area (Å²) in [6.07, 6.45) is -1.71. The maximum absolute atomic E-state index is 12.5. The molecule has 3 aromatic rings. The summed E-state index contributed by atoms with van der Waals surface area (Å²) in [6.45, 7) is 0.0317. The van der Waals surface area contributed by atoms with E-state index in [9.17, 15) is 23.3 Å². The van der Waals surface area contributed by atoms with E-state index in [1.54, 1.807) is 0 Å². The van der Waals surface area contributed by atoms with Crippen LogP contribution in [0.25, 0.3) is 11.3 Å². The van der Waals surface area contributed by atoms with Gasteiger partial charge in [0.2, 0.25) is 0 Å². The topological polar surface area (TPSA) is 87.0 Å². The zero-order chi connectivity index (χ0) is 17.3. The number of hydrogen-bond acceptors (Lipinski definition) is 5. The van der Waals surface area contributed by atoms with Gasteiger partial charge < -0.3 is 14.6 Å². The summed E-state index contributed by atoms with van der Waals surface area (Å²) in [4.78, 5) is 13.8. The van der Waals surface area contributed by atoms with Crippen molar-refractivity contribution in [1.82, 2.24) is 14.7 Å². The molecule has 10 heteroatoms. The largest absolute Gasteiger partial charge is 0.434 e.